The van der Waals surface area contributed by atoms with Crippen molar-refractivity contribution in [3.05, 3.63) is 29.6 Å². The highest BCUT2D eigenvalue weighted by Crippen LogP contribution is 2.33. The summed E-state index contributed by atoms with van der Waals surface area (Å²) in [6.45, 7) is 0.543. The van der Waals surface area contributed by atoms with Crippen molar-refractivity contribution >= 4 is 17.4 Å². The Labute approximate surface area is 105 Å². The molecule has 18 heavy (non-hydrogen) atoms. The predicted molar refractivity (Wildman–Crippen MR) is 65.0 cm³/mol. The number of benzene rings is 1. The molecule has 3 rings (SSSR count). The number of carbonyl (C=O) groups is 2. The minimum atomic E-state index is -0.512. The van der Waals surface area contributed by atoms with Crippen LogP contribution < -0.4 is 4.90 Å². The van der Waals surface area contributed by atoms with Crippen LogP contribution in [-0.2, 0) is 4.79 Å². The molecule has 1 aliphatic carbocycles. The molecule has 0 N–H and O–H groups in total. The van der Waals surface area contributed by atoms with Crippen LogP contribution in [0.2, 0.25) is 0 Å². The quantitative estimate of drug-likeness (QED) is 0.753. The van der Waals surface area contributed by atoms with Gasteiger partial charge in [-0.2, -0.15) is 0 Å². The van der Waals surface area contributed by atoms with Crippen LogP contribution in [0.4, 0.5) is 10.1 Å². The summed E-state index contributed by atoms with van der Waals surface area (Å²) < 4.78 is 13.3. The molecule has 1 heterocycles. The van der Waals surface area contributed by atoms with E-state index in [4.69, 9.17) is 0 Å². The minimum absolute atomic E-state index is 0.333. The lowest BCUT2D eigenvalue weighted by Gasteiger charge is -2.20. The second-order valence-electron chi connectivity index (χ2n) is 5.06. The SMILES string of the molecule is O=C1C(=O)N(CC2CCCC2)c2cc(F)ccc21. The monoisotopic (exact) mass is 247 g/mol. The first-order valence-electron chi connectivity index (χ1n) is 6.32. The van der Waals surface area contributed by atoms with E-state index in [-0.39, 0.29) is 0 Å². The largest absolute Gasteiger partial charge is 0.304 e. The van der Waals surface area contributed by atoms with Crippen LogP contribution in [0.1, 0.15) is 36.0 Å². The smallest absolute Gasteiger partial charge is 0.299 e. The highest BCUT2D eigenvalue weighted by Gasteiger charge is 2.37. The Morgan fingerprint density at radius 2 is 1.94 bits per heavy atom. The molecule has 3 nitrogen and oxygen atoms in total. The molecule has 0 unspecified atom stereocenters. The summed E-state index contributed by atoms with van der Waals surface area (Å²) in [5.74, 6) is -0.992. The minimum Gasteiger partial charge on any atom is -0.304 e. The van der Waals surface area contributed by atoms with E-state index in [1.54, 1.807) is 0 Å². The van der Waals surface area contributed by atoms with Crippen molar-refractivity contribution in [2.24, 2.45) is 5.92 Å². The lowest BCUT2D eigenvalue weighted by Crippen LogP contribution is -2.33. The van der Waals surface area contributed by atoms with Crippen molar-refractivity contribution < 1.29 is 14.0 Å². The zero-order valence-corrected chi connectivity index (χ0v) is 9.99. The molecule has 0 aromatic heterocycles. The molecular formula is C14H14FNO2. The van der Waals surface area contributed by atoms with Crippen molar-refractivity contribution in [1.82, 2.24) is 0 Å². The van der Waals surface area contributed by atoms with Gasteiger partial charge in [0.1, 0.15) is 5.82 Å². The number of fused-ring (bicyclic) bond motifs is 1. The Balaban J connectivity index is 1.93. The van der Waals surface area contributed by atoms with Crippen LogP contribution in [0.5, 0.6) is 0 Å². The van der Waals surface area contributed by atoms with E-state index in [1.165, 1.54) is 35.9 Å². The molecule has 0 bridgehead atoms. The standard InChI is InChI=1S/C14H14FNO2/c15-10-5-6-11-12(7-10)16(14(18)13(11)17)8-9-3-1-2-4-9/h5-7,9H,1-4,8H2. The van der Waals surface area contributed by atoms with Crippen molar-refractivity contribution in [3.63, 3.8) is 0 Å². The zero-order chi connectivity index (χ0) is 12.7. The van der Waals surface area contributed by atoms with E-state index in [0.717, 1.165) is 12.8 Å². The van der Waals surface area contributed by atoms with Gasteiger partial charge in [-0.15, -0.1) is 0 Å². The molecule has 2 aliphatic rings. The van der Waals surface area contributed by atoms with Crippen molar-refractivity contribution in [2.75, 3.05) is 11.4 Å². The molecule has 0 atom stereocenters. The molecule has 0 saturated heterocycles. The Morgan fingerprint density at radius 3 is 2.67 bits per heavy atom. The fourth-order valence-corrected chi connectivity index (χ4v) is 2.90. The topological polar surface area (TPSA) is 37.4 Å². The number of ketones is 1. The average molecular weight is 247 g/mol. The summed E-state index contributed by atoms with van der Waals surface area (Å²) in [5.41, 5.74) is 0.774. The number of hydrogen-bond acceptors (Lipinski definition) is 2. The van der Waals surface area contributed by atoms with E-state index in [0.29, 0.717) is 23.7 Å². The van der Waals surface area contributed by atoms with Gasteiger partial charge in [0.25, 0.3) is 11.7 Å². The van der Waals surface area contributed by atoms with Gasteiger partial charge < -0.3 is 4.90 Å². The third kappa shape index (κ3) is 1.72. The molecule has 94 valence electrons. The Kier molecular flexibility index (Phi) is 2.65. The zero-order valence-electron chi connectivity index (χ0n) is 9.99. The lowest BCUT2D eigenvalue weighted by molar-refractivity contribution is -0.114. The molecular weight excluding hydrogens is 233 g/mol. The van der Waals surface area contributed by atoms with Gasteiger partial charge >= 0.3 is 0 Å². The first kappa shape index (κ1) is 11.4. The van der Waals surface area contributed by atoms with Crippen LogP contribution in [0.15, 0.2) is 18.2 Å². The van der Waals surface area contributed by atoms with Gasteiger partial charge in [0.05, 0.1) is 11.3 Å². The number of halogens is 1. The number of nitrogens with zero attached hydrogens (tertiary/aromatic N) is 1. The van der Waals surface area contributed by atoms with E-state index < -0.39 is 17.5 Å². The summed E-state index contributed by atoms with van der Waals surface area (Å²) in [4.78, 5) is 25.1. The number of anilines is 1. The normalized spacial score (nSPS) is 19.7. The summed E-state index contributed by atoms with van der Waals surface area (Å²) in [5, 5.41) is 0. The summed E-state index contributed by atoms with van der Waals surface area (Å²) in [6, 6.07) is 3.91. The second kappa shape index (κ2) is 4.19. The number of hydrogen-bond donors (Lipinski definition) is 0. The van der Waals surface area contributed by atoms with Crippen molar-refractivity contribution in [1.29, 1.82) is 0 Å². The summed E-state index contributed by atoms with van der Waals surface area (Å²) in [7, 11) is 0. The molecule has 4 heteroatoms. The van der Waals surface area contributed by atoms with Gasteiger partial charge in [-0.25, -0.2) is 4.39 Å². The molecule has 1 aromatic carbocycles. The molecule has 0 radical (unpaired) electrons. The molecule has 1 aliphatic heterocycles. The highest BCUT2D eigenvalue weighted by atomic mass is 19.1. The Morgan fingerprint density at radius 1 is 1.22 bits per heavy atom. The van der Waals surface area contributed by atoms with Gasteiger partial charge in [0.2, 0.25) is 0 Å². The van der Waals surface area contributed by atoms with Crippen LogP contribution in [0.3, 0.4) is 0 Å². The number of Topliss-reactive ketones (excluding diaryl/α,β-unsaturated/α-hetero) is 1. The van der Waals surface area contributed by atoms with Crippen LogP contribution in [0, 0.1) is 11.7 Å². The van der Waals surface area contributed by atoms with Crippen LogP contribution in [0.25, 0.3) is 0 Å². The van der Waals surface area contributed by atoms with E-state index in [2.05, 4.69) is 0 Å². The molecule has 1 fully saturated rings. The number of amides is 1. The van der Waals surface area contributed by atoms with Gasteiger partial charge in [-0.3, -0.25) is 9.59 Å². The van der Waals surface area contributed by atoms with Crippen molar-refractivity contribution in [2.45, 2.75) is 25.7 Å². The molecule has 1 saturated carbocycles. The van der Waals surface area contributed by atoms with Crippen LogP contribution >= 0.6 is 0 Å². The molecule has 0 spiro atoms. The Hall–Kier alpha value is -1.71. The third-order valence-corrected chi connectivity index (χ3v) is 3.85. The number of rotatable bonds is 2. The average Bonchev–Trinajstić information content (AvgIpc) is 2.93. The summed E-state index contributed by atoms with van der Waals surface area (Å²) >= 11 is 0. The predicted octanol–water partition coefficient (Wildman–Crippen LogP) is 2.55. The van der Waals surface area contributed by atoms with Crippen LogP contribution in [-0.4, -0.2) is 18.2 Å². The van der Waals surface area contributed by atoms with E-state index >= 15 is 0 Å². The maximum absolute atomic E-state index is 13.3. The fraction of sp³-hybridized carbons (Fsp3) is 0.429. The first-order chi connectivity index (χ1) is 8.66. The molecule has 1 amide bonds. The molecule has 1 aromatic rings. The maximum atomic E-state index is 13.3. The maximum Gasteiger partial charge on any atom is 0.299 e. The van der Waals surface area contributed by atoms with Gasteiger partial charge in [0.15, 0.2) is 0 Å². The van der Waals surface area contributed by atoms with E-state index in [1.807, 2.05) is 0 Å². The third-order valence-electron chi connectivity index (χ3n) is 3.85. The Bertz CT molecular complexity index is 521. The number of carbonyl (C=O) groups excluding carboxylic acids is 2. The first-order valence-corrected chi connectivity index (χ1v) is 6.32. The van der Waals surface area contributed by atoms with Gasteiger partial charge in [-0.1, -0.05) is 12.8 Å². The fourth-order valence-electron chi connectivity index (χ4n) is 2.90. The van der Waals surface area contributed by atoms with Crippen molar-refractivity contribution in [3.8, 4) is 0 Å². The summed E-state index contributed by atoms with van der Waals surface area (Å²) in [6.07, 6.45) is 4.53. The highest BCUT2D eigenvalue weighted by molar-refractivity contribution is 6.52. The lowest BCUT2D eigenvalue weighted by atomic mass is 10.1. The van der Waals surface area contributed by atoms with Gasteiger partial charge in [-0.05, 0) is 37.0 Å². The second-order valence-corrected chi connectivity index (χ2v) is 5.06. The van der Waals surface area contributed by atoms with Gasteiger partial charge in [0, 0.05) is 6.54 Å². The van der Waals surface area contributed by atoms with E-state index in [9.17, 15) is 14.0 Å².